The number of urea groups is 1. The van der Waals surface area contributed by atoms with Gasteiger partial charge in [-0.25, -0.2) is 4.79 Å². The molecule has 1 aromatic rings. The van der Waals surface area contributed by atoms with Crippen molar-refractivity contribution in [3.63, 3.8) is 0 Å². The number of amides is 2. The molecule has 2 heterocycles. The second-order valence-corrected chi connectivity index (χ2v) is 5.76. The Morgan fingerprint density at radius 2 is 2.19 bits per heavy atom. The minimum Gasteiger partial charge on any atom is -0.372 e. The van der Waals surface area contributed by atoms with Gasteiger partial charge in [0.2, 0.25) is 0 Å². The lowest BCUT2D eigenvalue weighted by Crippen LogP contribution is -2.54. The first-order valence-corrected chi connectivity index (χ1v) is 7.67. The van der Waals surface area contributed by atoms with Gasteiger partial charge in [0.05, 0.1) is 24.8 Å². The van der Waals surface area contributed by atoms with Crippen LogP contribution in [0.4, 0.5) is 4.79 Å². The Balaban J connectivity index is 2.00. The molecule has 21 heavy (non-hydrogen) atoms. The van der Waals surface area contributed by atoms with Crippen LogP contribution in [0.2, 0.25) is 0 Å². The van der Waals surface area contributed by atoms with Crippen LogP contribution in [0.3, 0.4) is 0 Å². The number of aromatic nitrogens is 1. The molecular weight excluding hydrogens is 266 g/mol. The topological polar surface area (TPSA) is 54.5 Å². The van der Waals surface area contributed by atoms with E-state index in [9.17, 15) is 4.79 Å². The number of rotatable bonds is 4. The lowest BCUT2D eigenvalue weighted by molar-refractivity contribution is -0.0874. The fraction of sp³-hybridized carbons (Fsp3) is 0.625. The monoisotopic (exact) mass is 291 g/mol. The Kier molecular flexibility index (Phi) is 5.17. The summed E-state index contributed by atoms with van der Waals surface area (Å²) in [5.41, 5.74) is 0.862. The highest BCUT2D eigenvalue weighted by atomic mass is 16.5. The van der Waals surface area contributed by atoms with Crippen LogP contribution < -0.4 is 5.32 Å². The molecule has 2 atom stereocenters. The van der Waals surface area contributed by atoms with Crippen molar-refractivity contribution in [3.05, 3.63) is 30.1 Å². The molecule has 0 aliphatic carbocycles. The van der Waals surface area contributed by atoms with Gasteiger partial charge in [-0.3, -0.25) is 4.98 Å². The van der Waals surface area contributed by atoms with Crippen LogP contribution in [0.5, 0.6) is 0 Å². The number of morpholine rings is 1. The molecular formula is C16H25N3O2. The molecule has 1 N–H and O–H groups in total. The number of carbonyl (C=O) groups excluding carboxylic acids is 1. The van der Waals surface area contributed by atoms with Crippen molar-refractivity contribution in [2.45, 2.75) is 45.3 Å². The number of carbonyl (C=O) groups is 1. The summed E-state index contributed by atoms with van der Waals surface area (Å²) in [5, 5.41) is 3.12. The molecule has 2 amide bonds. The van der Waals surface area contributed by atoms with Gasteiger partial charge in [0.25, 0.3) is 0 Å². The van der Waals surface area contributed by atoms with Crippen molar-refractivity contribution in [1.82, 2.24) is 15.2 Å². The van der Waals surface area contributed by atoms with Crippen LogP contribution in [-0.2, 0) is 4.74 Å². The number of ether oxygens (including phenoxy) is 1. The molecule has 116 valence electrons. The van der Waals surface area contributed by atoms with Crippen molar-refractivity contribution < 1.29 is 9.53 Å². The zero-order valence-corrected chi connectivity index (χ0v) is 13.1. The maximum atomic E-state index is 12.5. The van der Waals surface area contributed by atoms with Gasteiger partial charge in [0.15, 0.2) is 0 Å². The van der Waals surface area contributed by atoms with E-state index < -0.39 is 0 Å². The lowest BCUT2D eigenvalue weighted by Gasteiger charge is -2.40. The maximum absolute atomic E-state index is 12.5. The number of hydrogen-bond acceptors (Lipinski definition) is 3. The summed E-state index contributed by atoms with van der Waals surface area (Å²) in [7, 11) is 0. The summed E-state index contributed by atoms with van der Waals surface area (Å²) in [6.45, 7) is 8.11. The van der Waals surface area contributed by atoms with E-state index in [1.807, 2.05) is 17.0 Å². The first-order chi connectivity index (χ1) is 10.1. The van der Waals surface area contributed by atoms with E-state index in [1.54, 1.807) is 12.4 Å². The van der Waals surface area contributed by atoms with E-state index in [4.69, 9.17) is 4.74 Å². The second kappa shape index (κ2) is 6.89. The largest absolute Gasteiger partial charge is 0.372 e. The molecule has 5 nitrogen and oxygen atoms in total. The van der Waals surface area contributed by atoms with Crippen molar-refractivity contribution in [1.29, 1.82) is 0 Å². The molecule has 0 spiro atoms. The Morgan fingerprint density at radius 1 is 1.48 bits per heavy atom. The molecule has 2 rings (SSSR count). The minimum atomic E-state index is -0.228. The van der Waals surface area contributed by atoms with Gasteiger partial charge < -0.3 is 15.0 Å². The third kappa shape index (κ3) is 3.94. The number of nitrogens with one attached hydrogen (secondary N) is 1. The van der Waals surface area contributed by atoms with E-state index in [0.717, 1.165) is 18.4 Å². The third-order valence-corrected chi connectivity index (χ3v) is 4.19. The van der Waals surface area contributed by atoms with Gasteiger partial charge in [0.1, 0.15) is 0 Å². The molecule has 1 saturated heterocycles. The Bertz CT molecular complexity index is 466. The average molecular weight is 291 g/mol. The van der Waals surface area contributed by atoms with Crippen LogP contribution in [0.15, 0.2) is 24.5 Å². The van der Waals surface area contributed by atoms with Gasteiger partial charge in [-0.15, -0.1) is 0 Å². The molecule has 0 radical (unpaired) electrons. The van der Waals surface area contributed by atoms with E-state index in [-0.39, 0.29) is 17.7 Å². The van der Waals surface area contributed by atoms with Crippen LogP contribution in [-0.4, -0.2) is 41.2 Å². The van der Waals surface area contributed by atoms with Gasteiger partial charge in [-0.2, -0.15) is 0 Å². The molecule has 5 heteroatoms. The standard InChI is InChI=1S/C16H25N3O2/c1-4-14(13-6-8-17-9-7-13)18-15(20)19-10-11-21-16(3,5-2)12-19/h6-9,14H,4-5,10-12H2,1-3H3,(H,18,20)/t14-,16-/m1/s1. The summed E-state index contributed by atoms with van der Waals surface area (Å²) < 4.78 is 5.78. The first kappa shape index (κ1) is 15.8. The summed E-state index contributed by atoms with van der Waals surface area (Å²) in [5.74, 6) is 0. The van der Waals surface area contributed by atoms with Crippen molar-refractivity contribution in [2.24, 2.45) is 0 Å². The Morgan fingerprint density at radius 3 is 2.81 bits per heavy atom. The van der Waals surface area contributed by atoms with Crippen molar-refractivity contribution in [2.75, 3.05) is 19.7 Å². The molecule has 1 fully saturated rings. The van der Waals surface area contributed by atoms with Crippen molar-refractivity contribution >= 4 is 6.03 Å². The highest BCUT2D eigenvalue weighted by Crippen LogP contribution is 2.22. The third-order valence-electron chi connectivity index (χ3n) is 4.19. The molecule has 0 unspecified atom stereocenters. The first-order valence-electron chi connectivity index (χ1n) is 7.67. The zero-order valence-electron chi connectivity index (χ0n) is 13.1. The maximum Gasteiger partial charge on any atom is 0.318 e. The summed E-state index contributed by atoms with van der Waals surface area (Å²) >= 11 is 0. The summed E-state index contributed by atoms with van der Waals surface area (Å²) in [6, 6.07) is 3.91. The van der Waals surface area contributed by atoms with Gasteiger partial charge in [0, 0.05) is 18.9 Å². The van der Waals surface area contributed by atoms with E-state index >= 15 is 0 Å². The molecule has 1 aromatic heterocycles. The smallest absolute Gasteiger partial charge is 0.318 e. The van der Waals surface area contributed by atoms with Crippen LogP contribution in [0.1, 0.15) is 45.2 Å². The summed E-state index contributed by atoms with van der Waals surface area (Å²) in [4.78, 5) is 18.4. The van der Waals surface area contributed by atoms with Gasteiger partial charge in [-0.05, 0) is 37.5 Å². The SMILES string of the molecule is CC[C@@H](NC(=O)N1CCO[C@](C)(CC)C1)c1ccncc1. The van der Waals surface area contributed by atoms with Crippen LogP contribution in [0, 0.1) is 0 Å². The minimum absolute atomic E-state index is 0.0124. The molecule has 1 aliphatic rings. The van der Waals surface area contributed by atoms with Crippen LogP contribution in [0.25, 0.3) is 0 Å². The zero-order chi connectivity index (χ0) is 15.3. The fourth-order valence-electron chi connectivity index (χ4n) is 2.58. The fourth-order valence-corrected chi connectivity index (χ4v) is 2.58. The molecule has 0 saturated carbocycles. The number of hydrogen-bond donors (Lipinski definition) is 1. The molecule has 1 aliphatic heterocycles. The Labute approximate surface area is 126 Å². The highest BCUT2D eigenvalue weighted by Gasteiger charge is 2.33. The summed E-state index contributed by atoms with van der Waals surface area (Å²) in [6.07, 6.45) is 5.27. The van der Waals surface area contributed by atoms with E-state index in [2.05, 4.69) is 31.1 Å². The number of pyridine rings is 1. The molecule has 0 aromatic carbocycles. The van der Waals surface area contributed by atoms with Gasteiger partial charge in [-0.1, -0.05) is 13.8 Å². The quantitative estimate of drug-likeness (QED) is 0.928. The predicted octanol–water partition coefficient (Wildman–Crippen LogP) is 2.74. The predicted molar refractivity (Wildman–Crippen MR) is 82.0 cm³/mol. The normalized spacial score (nSPS) is 23.7. The number of nitrogens with zero attached hydrogens (tertiary/aromatic N) is 2. The highest BCUT2D eigenvalue weighted by molar-refractivity contribution is 5.75. The van der Waals surface area contributed by atoms with E-state index in [1.165, 1.54) is 0 Å². The average Bonchev–Trinajstić information content (AvgIpc) is 2.53. The van der Waals surface area contributed by atoms with Gasteiger partial charge >= 0.3 is 6.03 Å². The molecule has 0 bridgehead atoms. The van der Waals surface area contributed by atoms with E-state index in [0.29, 0.717) is 19.7 Å². The van der Waals surface area contributed by atoms with Crippen LogP contribution >= 0.6 is 0 Å². The van der Waals surface area contributed by atoms with Crippen molar-refractivity contribution in [3.8, 4) is 0 Å². The second-order valence-electron chi connectivity index (χ2n) is 5.76. The Hall–Kier alpha value is -1.62. The lowest BCUT2D eigenvalue weighted by atomic mass is 10.0.